The lowest BCUT2D eigenvalue weighted by atomic mass is 9.74. The summed E-state index contributed by atoms with van der Waals surface area (Å²) in [5, 5.41) is 36.0. The van der Waals surface area contributed by atoms with Gasteiger partial charge in [-0.05, 0) is 24.1 Å². The number of rotatable bonds is 6. The van der Waals surface area contributed by atoms with Crippen molar-refractivity contribution in [2.45, 2.75) is 44.9 Å². The standard InChI is InChI=1S/C15H21NO2.C4H6O6/c1-15(2)13(16-8-7-14(15)17)10-11-5-4-6-12(9-11)18-3;5-1(3(7)8)2(6)4(9)10/h4-6,9,13,16H,7-8,10H2,1-3H3;1-2,5-6H,(H,7,8)(H,9,10). The summed E-state index contributed by atoms with van der Waals surface area (Å²) in [7, 11) is 1.67. The lowest BCUT2D eigenvalue weighted by Crippen LogP contribution is -2.53. The van der Waals surface area contributed by atoms with Gasteiger partial charge in [-0.15, -0.1) is 0 Å². The minimum Gasteiger partial charge on any atom is -0.497 e. The Hall–Kier alpha value is -2.49. The molecule has 28 heavy (non-hydrogen) atoms. The van der Waals surface area contributed by atoms with Crippen LogP contribution in [0.25, 0.3) is 0 Å². The van der Waals surface area contributed by atoms with Gasteiger partial charge in [-0.25, -0.2) is 9.59 Å². The number of hydrogen-bond donors (Lipinski definition) is 5. The topological polar surface area (TPSA) is 153 Å². The summed E-state index contributed by atoms with van der Waals surface area (Å²) in [6.07, 6.45) is -3.03. The molecule has 1 aliphatic rings. The minimum absolute atomic E-state index is 0.200. The molecule has 1 aromatic carbocycles. The molecular weight excluding hydrogens is 370 g/mol. The molecule has 1 saturated heterocycles. The summed E-state index contributed by atoms with van der Waals surface area (Å²) in [5.41, 5.74) is 0.913. The molecule has 5 N–H and O–H groups in total. The van der Waals surface area contributed by atoms with Gasteiger partial charge in [0.25, 0.3) is 0 Å². The van der Waals surface area contributed by atoms with Crippen molar-refractivity contribution in [3.63, 3.8) is 0 Å². The molecule has 3 unspecified atom stereocenters. The van der Waals surface area contributed by atoms with Crippen LogP contribution in [0.2, 0.25) is 0 Å². The van der Waals surface area contributed by atoms with Crippen molar-refractivity contribution < 1.29 is 39.5 Å². The number of carbonyl (C=O) groups is 3. The largest absolute Gasteiger partial charge is 0.497 e. The fraction of sp³-hybridized carbons (Fsp3) is 0.526. The second-order valence-corrected chi connectivity index (χ2v) is 7.02. The van der Waals surface area contributed by atoms with Crippen molar-refractivity contribution in [2.24, 2.45) is 5.41 Å². The predicted molar refractivity (Wildman–Crippen MR) is 99.2 cm³/mol. The number of carboxylic acid groups (broad SMARTS) is 2. The molecule has 3 atom stereocenters. The first kappa shape index (κ1) is 23.5. The number of hydrogen-bond acceptors (Lipinski definition) is 7. The molecule has 0 radical (unpaired) electrons. The smallest absolute Gasteiger partial charge is 0.335 e. The van der Waals surface area contributed by atoms with Gasteiger partial charge in [0.05, 0.1) is 7.11 Å². The maximum atomic E-state index is 12.0. The van der Waals surface area contributed by atoms with Gasteiger partial charge in [0.2, 0.25) is 0 Å². The lowest BCUT2D eigenvalue weighted by Gasteiger charge is -2.38. The third-order valence-corrected chi connectivity index (χ3v) is 4.71. The number of carboxylic acids is 2. The third-order valence-electron chi connectivity index (χ3n) is 4.71. The number of nitrogens with one attached hydrogen (secondary N) is 1. The number of carbonyl (C=O) groups excluding carboxylic acids is 1. The molecule has 0 aliphatic carbocycles. The van der Waals surface area contributed by atoms with Crippen LogP contribution in [-0.4, -0.2) is 70.1 Å². The van der Waals surface area contributed by atoms with Crippen molar-refractivity contribution in [1.29, 1.82) is 0 Å². The summed E-state index contributed by atoms with van der Waals surface area (Å²) in [4.78, 5) is 31.5. The van der Waals surface area contributed by atoms with Crippen LogP contribution >= 0.6 is 0 Å². The molecular formula is C19H27NO8. The number of ketones is 1. The quantitative estimate of drug-likeness (QED) is 0.449. The maximum absolute atomic E-state index is 12.0. The SMILES string of the molecule is COc1cccc(CC2NCCC(=O)C2(C)C)c1.O=C(O)C(O)C(O)C(=O)O. The van der Waals surface area contributed by atoms with E-state index < -0.39 is 24.1 Å². The fourth-order valence-corrected chi connectivity index (χ4v) is 2.76. The predicted octanol–water partition coefficient (Wildman–Crippen LogP) is 0.0723. The van der Waals surface area contributed by atoms with Crippen LogP contribution in [-0.2, 0) is 20.8 Å². The Morgan fingerprint density at radius 2 is 1.79 bits per heavy atom. The number of aliphatic hydroxyl groups is 2. The van der Waals surface area contributed by atoms with Crippen LogP contribution in [0, 0.1) is 5.41 Å². The van der Waals surface area contributed by atoms with Crippen molar-refractivity contribution in [2.75, 3.05) is 13.7 Å². The molecule has 0 saturated carbocycles. The van der Waals surface area contributed by atoms with E-state index in [1.807, 2.05) is 32.0 Å². The van der Waals surface area contributed by atoms with Crippen LogP contribution in [0.3, 0.4) is 0 Å². The number of Topliss-reactive ketones (excluding diaryl/α,β-unsaturated/α-hetero) is 1. The summed E-state index contributed by atoms with van der Waals surface area (Å²) in [6, 6.07) is 8.25. The highest BCUT2D eigenvalue weighted by Crippen LogP contribution is 2.29. The highest BCUT2D eigenvalue weighted by molar-refractivity contribution is 5.86. The Morgan fingerprint density at radius 3 is 2.29 bits per heavy atom. The normalized spacial score (nSPS) is 20.3. The van der Waals surface area contributed by atoms with Crippen LogP contribution in [0.1, 0.15) is 25.8 Å². The van der Waals surface area contributed by atoms with E-state index in [0.29, 0.717) is 12.2 Å². The Labute approximate surface area is 163 Å². The van der Waals surface area contributed by atoms with E-state index in [1.54, 1.807) is 7.11 Å². The Morgan fingerprint density at radius 1 is 1.21 bits per heavy atom. The zero-order chi connectivity index (χ0) is 21.5. The minimum atomic E-state index is -2.27. The molecule has 9 heteroatoms. The molecule has 156 valence electrons. The fourth-order valence-electron chi connectivity index (χ4n) is 2.76. The number of aliphatic hydroxyl groups excluding tert-OH is 2. The summed E-state index contributed by atoms with van der Waals surface area (Å²) < 4.78 is 5.23. The molecule has 0 spiro atoms. The Balaban J connectivity index is 0.000000336. The summed E-state index contributed by atoms with van der Waals surface area (Å²) >= 11 is 0. The third kappa shape index (κ3) is 6.29. The van der Waals surface area contributed by atoms with Gasteiger partial charge in [0.1, 0.15) is 11.5 Å². The molecule has 1 aliphatic heterocycles. The van der Waals surface area contributed by atoms with Crippen molar-refractivity contribution in [3.8, 4) is 5.75 Å². The van der Waals surface area contributed by atoms with Gasteiger partial charge in [-0.3, -0.25) is 4.79 Å². The first-order valence-corrected chi connectivity index (χ1v) is 8.72. The number of benzene rings is 1. The van der Waals surface area contributed by atoms with Gasteiger partial charge in [0, 0.05) is 24.4 Å². The summed E-state index contributed by atoms with van der Waals surface area (Å²) in [6.45, 7) is 4.86. The highest BCUT2D eigenvalue weighted by atomic mass is 16.5. The van der Waals surface area contributed by atoms with Gasteiger partial charge >= 0.3 is 11.9 Å². The van der Waals surface area contributed by atoms with Crippen LogP contribution in [0.15, 0.2) is 24.3 Å². The molecule has 1 aromatic rings. The van der Waals surface area contributed by atoms with E-state index in [4.69, 9.17) is 25.2 Å². The van der Waals surface area contributed by atoms with Gasteiger partial charge < -0.3 is 30.5 Å². The van der Waals surface area contributed by atoms with Gasteiger partial charge in [-0.1, -0.05) is 26.0 Å². The van der Waals surface area contributed by atoms with E-state index in [2.05, 4.69) is 11.4 Å². The van der Waals surface area contributed by atoms with E-state index in [0.717, 1.165) is 18.7 Å². The van der Waals surface area contributed by atoms with Crippen LogP contribution in [0.5, 0.6) is 5.75 Å². The number of piperidine rings is 1. The van der Waals surface area contributed by atoms with Crippen molar-refractivity contribution in [1.82, 2.24) is 5.32 Å². The average molecular weight is 397 g/mol. The molecule has 0 amide bonds. The van der Waals surface area contributed by atoms with Crippen molar-refractivity contribution >= 4 is 17.7 Å². The molecule has 1 heterocycles. The van der Waals surface area contributed by atoms with E-state index >= 15 is 0 Å². The Kier molecular flexibility index (Phi) is 8.55. The van der Waals surface area contributed by atoms with E-state index in [-0.39, 0.29) is 11.5 Å². The number of methoxy groups -OCH3 is 1. The zero-order valence-electron chi connectivity index (χ0n) is 16.1. The second-order valence-electron chi connectivity index (χ2n) is 7.02. The lowest BCUT2D eigenvalue weighted by molar-refractivity contribution is -0.165. The highest BCUT2D eigenvalue weighted by Gasteiger charge is 2.38. The molecule has 0 aromatic heterocycles. The van der Waals surface area contributed by atoms with Crippen LogP contribution < -0.4 is 10.1 Å². The van der Waals surface area contributed by atoms with Crippen molar-refractivity contribution in [3.05, 3.63) is 29.8 Å². The first-order valence-electron chi connectivity index (χ1n) is 8.72. The summed E-state index contributed by atoms with van der Waals surface area (Å²) in [5.74, 6) is -2.31. The molecule has 9 nitrogen and oxygen atoms in total. The molecule has 0 bridgehead atoms. The van der Waals surface area contributed by atoms with Crippen LogP contribution in [0.4, 0.5) is 0 Å². The van der Waals surface area contributed by atoms with E-state index in [1.165, 1.54) is 5.56 Å². The van der Waals surface area contributed by atoms with Gasteiger partial charge in [0.15, 0.2) is 12.2 Å². The first-order chi connectivity index (χ1) is 13.0. The number of aliphatic carboxylic acids is 2. The zero-order valence-corrected chi connectivity index (χ0v) is 16.1. The number of ether oxygens (including phenoxy) is 1. The maximum Gasteiger partial charge on any atom is 0.335 e. The van der Waals surface area contributed by atoms with Gasteiger partial charge in [-0.2, -0.15) is 0 Å². The molecule has 2 rings (SSSR count). The second kappa shape index (κ2) is 10.2. The van der Waals surface area contributed by atoms with E-state index in [9.17, 15) is 14.4 Å². The Bertz CT molecular complexity index is 685. The molecule has 1 fully saturated rings. The average Bonchev–Trinajstić information content (AvgIpc) is 2.65. The monoisotopic (exact) mass is 397 g/mol.